The van der Waals surface area contributed by atoms with Gasteiger partial charge in [0.25, 0.3) is 10.0 Å². The van der Waals surface area contributed by atoms with Crippen molar-refractivity contribution in [2.45, 2.75) is 6.92 Å². The summed E-state index contributed by atoms with van der Waals surface area (Å²) < 4.78 is 24.5. The maximum Gasteiger partial charge on any atom is 0.255 e. The summed E-state index contributed by atoms with van der Waals surface area (Å²) in [5.74, 6) is 0.258. The van der Waals surface area contributed by atoms with E-state index in [-0.39, 0.29) is 5.82 Å². The van der Waals surface area contributed by atoms with Gasteiger partial charge in [-0.1, -0.05) is 6.08 Å². The summed E-state index contributed by atoms with van der Waals surface area (Å²) in [6.45, 7) is 1.62. The van der Waals surface area contributed by atoms with Crippen molar-refractivity contribution in [1.82, 2.24) is 9.97 Å². The van der Waals surface area contributed by atoms with Gasteiger partial charge >= 0.3 is 0 Å². The van der Waals surface area contributed by atoms with Gasteiger partial charge in [0.05, 0.1) is 0 Å². The summed E-state index contributed by atoms with van der Waals surface area (Å²) in [5.41, 5.74) is 0. The van der Waals surface area contributed by atoms with Gasteiger partial charge in [-0.25, -0.2) is 18.4 Å². The average Bonchev–Trinajstić information content (AvgIpc) is 2.04. The fourth-order valence-corrected chi connectivity index (χ4v) is 1.55. The maximum absolute atomic E-state index is 11.1. The first-order valence-corrected chi connectivity index (χ1v) is 5.10. The molecule has 6 heteroatoms. The van der Waals surface area contributed by atoms with Crippen molar-refractivity contribution in [3.8, 4) is 0 Å². The van der Waals surface area contributed by atoms with Crippen LogP contribution in [0, 0.1) is 0 Å². The van der Waals surface area contributed by atoms with Crippen LogP contribution in [-0.2, 0) is 10.0 Å². The number of rotatable bonds is 3. The zero-order valence-electron chi connectivity index (χ0n) is 7.01. The average molecular weight is 199 g/mol. The van der Waals surface area contributed by atoms with Crippen LogP contribution in [0.5, 0.6) is 0 Å². The third kappa shape index (κ3) is 3.20. The van der Waals surface area contributed by atoms with Crippen molar-refractivity contribution in [1.29, 1.82) is 0 Å². The van der Waals surface area contributed by atoms with Gasteiger partial charge in [0.15, 0.2) is 0 Å². The molecule has 70 valence electrons. The molecule has 0 aliphatic carbocycles. The van der Waals surface area contributed by atoms with Gasteiger partial charge in [0.2, 0.25) is 0 Å². The topological polar surface area (TPSA) is 72.0 Å². The number of hydrogen-bond donors (Lipinski definition) is 1. The molecule has 0 atom stereocenters. The summed E-state index contributed by atoms with van der Waals surface area (Å²) in [6, 6.07) is 1.47. The Hall–Kier alpha value is -1.43. The van der Waals surface area contributed by atoms with Crippen molar-refractivity contribution >= 4 is 15.8 Å². The first-order valence-electron chi connectivity index (χ1n) is 3.55. The highest BCUT2D eigenvalue weighted by molar-refractivity contribution is 7.95. The Kier molecular flexibility index (Phi) is 2.97. The van der Waals surface area contributed by atoms with Crippen LogP contribution in [0.1, 0.15) is 6.92 Å². The van der Waals surface area contributed by atoms with Gasteiger partial charge in [-0.3, -0.25) is 4.72 Å². The molecule has 0 saturated heterocycles. The lowest BCUT2D eigenvalue weighted by molar-refractivity contribution is 0.609. The Labute approximate surface area is 76.6 Å². The molecule has 0 radical (unpaired) electrons. The van der Waals surface area contributed by atoms with E-state index in [2.05, 4.69) is 14.7 Å². The first-order chi connectivity index (χ1) is 6.14. The molecule has 1 N–H and O–H groups in total. The van der Waals surface area contributed by atoms with Crippen LogP contribution in [0.4, 0.5) is 5.82 Å². The van der Waals surface area contributed by atoms with Gasteiger partial charge in [-0.15, -0.1) is 0 Å². The van der Waals surface area contributed by atoms with E-state index in [1.807, 2.05) is 0 Å². The fraction of sp³-hybridized carbons (Fsp3) is 0.143. The number of allylic oxidation sites excluding steroid dienone is 1. The highest BCUT2D eigenvalue weighted by Gasteiger charge is 2.04. The summed E-state index contributed by atoms with van der Waals surface area (Å²) in [6.07, 6.45) is 4.16. The quantitative estimate of drug-likeness (QED) is 0.779. The smallest absolute Gasteiger partial charge is 0.255 e. The molecule has 0 fully saturated rings. The highest BCUT2D eigenvalue weighted by atomic mass is 32.2. The molecular formula is C7H9N3O2S. The molecule has 1 rings (SSSR count). The number of sulfonamides is 1. The number of nitrogens with zero attached hydrogens (tertiary/aromatic N) is 2. The van der Waals surface area contributed by atoms with Crippen LogP contribution in [0.15, 0.2) is 30.1 Å². The van der Waals surface area contributed by atoms with Crippen LogP contribution in [0.25, 0.3) is 0 Å². The molecule has 0 spiro atoms. The minimum absolute atomic E-state index is 0.258. The minimum Gasteiger partial charge on any atom is -0.264 e. The van der Waals surface area contributed by atoms with Gasteiger partial charge in [0, 0.05) is 11.6 Å². The van der Waals surface area contributed by atoms with E-state index < -0.39 is 10.0 Å². The zero-order valence-corrected chi connectivity index (χ0v) is 7.82. The SMILES string of the molecule is C/C=C/S(=O)(=O)Nc1ccncn1. The fourth-order valence-electron chi connectivity index (χ4n) is 0.710. The second-order valence-electron chi connectivity index (χ2n) is 2.21. The van der Waals surface area contributed by atoms with E-state index >= 15 is 0 Å². The predicted molar refractivity (Wildman–Crippen MR) is 49.4 cm³/mol. The van der Waals surface area contributed by atoms with Crippen molar-refractivity contribution in [2.24, 2.45) is 0 Å². The van der Waals surface area contributed by atoms with E-state index in [0.717, 1.165) is 5.41 Å². The molecule has 0 aliphatic rings. The number of anilines is 1. The highest BCUT2D eigenvalue weighted by Crippen LogP contribution is 2.02. The molecule has 5 nitrogen and oxygen atoms in total. The lowest BCUT2D eigenvalue weighted by Crippen LogP contribution is -2.09. The van der Waals surface area contributed by atoms with Crippen LogP contribution >= 0.6 is 0 Å². The van der Waals surface area contributed by atoms with Crippen molar-refractivity contribution in [3.63, 3.8) is 0 Å². The Morgan fingerprint density at radius 1 is 1.54 bits per heavy atom. The summed E-state index contributed by atoms with van der Waals surface area (Å²) in [7, 11) is -3.41. The van der Waals surface area contributed by atoms with Crippen molar-refractivity contribution in [2.75, 3.05) is 4.72 Å². The number of hydrogen-bond acceptors (Lipinski definition) is 4. The standard InChI is InChI=1S/C7H9N3O2S/c1-2-5-13(11,12)10-7-3-4-8-6-9-7/h2-6H,1H3,(H,8,9,10)/b5-2+. The Balaban J connectivity index is 2.82. The largest absolute Gasteiger partial charge is 0.264 e. The van der Waals surface area contributed by atoms with Gasteiger partial charge in [0.1, 0.15) is 12.1 Å². The number of nitrogens with one attached hydrogen (secondary N) is 1. The first kappa shape index (κ1) is 9.66. The van der Waals surface area contributed by atoms with Crippen molar-refractivity contribution in [3.05, 3.63) is 30.1 Å². The molecule has 0 aliphatic heterocycles. The summed E-state index contributed by atoms with van der Waals surface area (Å²) in [5, 5.41) is 1.06. The van der Waals surface area contributed by atoms with E-state index in [4.69, 9.17) is 0 Å². The third-order valence-corrected chi connectivity index (χ3v) is 2.27. The summed E-state index contributed by atoms with van der Waals surface area (Å²) >= 11 is 0. The van der Waals surface area contributed by atoms with Gasteiger partial charge in [-0.05, 0) is 13.0 Å². The lowest BCUT2D eigenvalue weighted by Gasteiger charge is -2.00. The van der Waals surface area contributed by atoms with Crippen molar-refractivity contribution < 1.29 is 8.42 Å². The molecule has 0 aromatic carbocycles. The van der Waals surface area contributed by atoms with Crippen LogP contribution in [0.3, 0.4) is 0 Å². The molecule has 1 aromatic rings. The molecule has 13 heavy (non-hydrogen) atoms. The Morgan fingerprint density at radius 2 is 2.31 bits per heavy atom. The van der Waals surface area contributed by atoms with Crippen LogP contribution in [0.2, 0.25) is 0 Å². The third-order valence-electron chi connectivity index (χ3n) is 1.14. The molecule has 0 bridgehead atoms. The Morgan fingerprint density at radius 3 is 2.85 bits per heavy atom. The van der Waals surface area contributed by atoms with Gasteiger partial charge < -0.3 is 0 Å². The van der Waals surface area contributed by atoms with Crippen LogP contribution in [-0.4, -0.2) is 18.4 Å². The second-order valence-corrected chi connectivity index (χ2v) is 3.78. The predicted octanol–water partition coefficient (Wildman–Crippen LogP) is 0.752. The van der Waals surface area contributed by atoms with Crippen LogP contribution < -0.4 is 4.72 Å². The van der Waals surface area contributed by atoms with E-state index in [1.54, 1.807) is 6.92 Å². The molecule has 0 unspecified atom stereocenters. The normalized spacial score (nSPS) is 11.8. The summed E-state index contributed by atoms with van der Waals surface area (Å²) in [4.78, 5) is 7.37. The second kappa shape index (κ2) is 3.99. The van der Waals surface area contributed by atoms with E-state index in [1.165, 1.54) is 24.7 Å². The van der Waals surface area contributed by atoms with E-state index in [0.29, 0.717) is 0 Å². The maximum atomic E-state index is 11.1. The molecular weight excluding hydrogens is 190 g/mol. The zero-order chi connectivity index (χ0) is 9.73. The number of aromatic nitrogens is 2. The minimum atomic E-state index is -3.41. The lowest BCUT2D eigenvalue weighted by atomic mass is 10.6. The molecule has 1 heterocycles. The monoisotopic (exact) mass is 199 g/mol. The van der Waals surface area contributed by atoms with Gasteiger partial charge in [-0.2, -0.15) is 0 Å². The molecule has 1 aromatic heterocycles. The molecule has 0 amide bonds. The molecule has 0 saturated carbocycles. The van der Waals surface area contributed by atoms with E-state index in [9.17, 15) is 8.42 Å². The Bertz CT molecular complexity index is 385.